The molecule has 6 atom stereocenters. The third-order valence-electron chi connectivity index (χ3n) is 8.14. The Morgan fingerprint density at radius 1 is 1.11 bits per heavy atom. The van der Waals surface area contributed by atoms with Crippen molar-refractivity contribution in [2.24, 2.45) is 11.8 Å². The van der Waals surface area contributed by atoms with Crippen LogP contribution in [0.2, 0.25) is 0 Å². The maximum Gasteiger partial charge on any atom is 0.244 e. The number of alkyl halides is 1. The average Bonchev–Trinajstić information content (AvgIpc) is 3.44. The van der Waals surface area contributed by atoms with Gasteiger partial charge >= 0.3 is 0 Å². The number of carbonyl (C=O) groups is 3. The van der Waals surface area contributed by atoms with Gasteiger partial charge in [-0.1, -0.05) is 53.4 Å². The van der Waals surface area contributed by atoms with Gasteiger partial charge in [0.2, 0.25) is 17.7 Å². The summed E-state index contributed by atoms with van der Waals surface area (Å²) in [7, 11) is 0. The number of thioether (sulfide) groups is 1. The lowest BCUT2D eigenvalue weighted by molar-refractivity contribution is -0.139. The third-order valence-corrected chi connectivity index (χ3v) is 11.4. The lowest BCUT2D eigenvalue weighted by Gasteiger charge is -2.36. The number of rotatable bonds is 8. The molecular formula is C26H34BrN3O4S. The fourth-order valence-corrected chi connectivity index (χ4v) is 10.3. The number of aliphatic hydroxyl groups excluding tert-OH is 1. The summed E-state index contributed by atoms with van der Waals surface area (Å²) >= 11 is 5.47. The topological polar surface area (TPSA) is 98.7 Å². The summed E-state index contributed by atoms with van der Waals surface area (Å²) in [5.41, 5.74) is 0.710. The van der Waals surface area contributed by atoms with Gasteiger partial charge in [-0.15, -0.1) is 11.8 Å². The molecule has 3 aliphatic heterocycles. The van der Waals surface area contributed by atoms with Gasteiger partial charge in [-0.05, 0) is 44.2 Å². The van der Waals surface area contributed by atoms with Crippen LogP contribution in [-0.2, 0) is 14.4 Å². The van der Waals surface area contributed by atoms with Crippen molar-refractivity contribution in [1.82, 2.24) is 10.2 Å². The molecule has 3 unspecified atom stereocenters. The van der Waals surface area contributed by atoms with Gasteiger partial charge in [0, 0.05) is 35.0 Å². The van der Waals surface area contributed by atoms with Crippen LogP contribution in [0.3, 0.4) is 0 Å². The molecule has 0 aromatic heterocycles. The molecule has 4 fully saturated rings. The molecule has 190 valence electrons. The number of fused-ring (bicyclic) bond motifs is 1. The molecule has 3 amide bonds. The van der Waals surface area contributed by atoms with Crippen LogP contribution in [0.4, 0.5) is 5.69 Å². The molecule has 1 aromatic rings. The van der Waals surface area contributed by atoms with Crippen LogP contribution in [0.5, 0.6) is 0 Å². The number of likely N-dealkylation sites (tertiary alicyclic amines) is 1. The number of hydrogen-bond acceptors (Lipinski definition) is 5. The number of hydrogen-bond donors (Lipinski definition) is 3. The first-order chi connectivity index (χ1) is 17.0. The van der Waals surface area contributed by atoms with Gasteiger partial charge in [-0.2, -0.15) is 0 Å². The lowest BCUT2D eigenvalue weighted by Crippen LogP contribution is -2.56. The second kappa shape index (κ2) is 10.4. The van der Waals surface area contributed by atoms with Crippen molar-refractivity contribution in [2.75, 3.05) is 18.5 Å². The van der Waals surface area contributed by atoms with E-state index in [1.807, 2.05) is 30.3 Å². The Kier molecular flexibility index (Phi) is 7.47. The first-order valence-corrected chi connectivity index (χ1v) is 14.7. The zero-order valence-corrected chi connectivity index (χ0v) is 22.2. The molecule has 3 N–H and O–H groups in total. The predicted molar refractivity (Wildman–Crippen MR) is 140 cm³/mol. The molecular weight excluding hydrogens is 530 g/mol. The van der Waals surface area contributed by atoms with Gasteiger partial charge in [0.15, 0.2) is 0 Å². The Labute approximate surface area is 219 Å². The average molecular weight is 565 g/mol. The van der Waals surface area contributed by atoms with E-state index in [1.165, 1.54) is 6.42 Å². The normalized spacial score (nSPS) is 34.2. The Hall–Kier alpha value is -1.58. The van der Waals surface area contributed by atoms with Crippen LogP contribution in [-0.4, -0.2) is 67.8 Å². The Morgan fingerprint density at radius 2 is 1.86 bits per heavy atom. The first-order valence-electron chi connectivity index (χ1n) is 12.9. The lowest BCUT2D eigenvalue weighted by atomic mass is 9.70. The zero-order chi connectivity index (χ0) is 24.6. The minimum Gasteiger partial charge on any atom is -0.396 e. The Morgan fingerprint density at radius 3 is 2.57 bits per heavy atom. The van der Waals surface area contributed by atoms with Crippen molar-refractivity contribution in [3.05, 3.63) is 30.3 Å². The molecule has 3 heterocycles. The van der Waals surface area contributed by atoms with Gasteiger partial charge in [0.05, 0.1) is 16.6 Å². The molecule has 0 radical (unpaired) electrons. The van der Waals surface area contributed by atoms with Crippen LogP contribution in [0.1, 0.15) is 51.4 Å². The molecule has 1 aromatic carbocycles. The van der Waals surface area contributed by atoms with E-state index in [-0.39, 0.29) is 40.4 Å². The second-order valence-electron chi connectivity index (χ2n) is 10.3. The quantitative estimate of drug-likeness (QED) is 0.333. The third kappa shape index (κ3) is 4.53. The molecule has 2 bridgehead atoms. The summed E-state index contributed by atoms with van der Waals surface area (Å²) < 4.78 is -0.618. The van der Waals surface area contributed by atoms with Crippen molar-refractivity contribution in [3.8, 4) is 0 Å². The molecule has 3 saturated heterocycles. The molecule has 5 rings (SSSR count). The summed E-state index contributed by atoms with van der Waals surface area (Å²) in [6, 6.07) is 8.89. The summed E-state index contributed by atoms with van der Waals surface area (Å²) in [6.07, 6.45) is 7.29. The van der Waals surface area contributed by atoms with Gasteiger partial charge in [-0.3, -0.25) is 14.4 Å². The van der Waals surface area contributed by atoms with E-state index in [9.17, 15) is 19.5 Å². The smallest absolute Gasteiger partial charge is 0.244 e. The van der Waals surface area contributed by atoms with Crippen LogP contribution >= 0.6 is 27.7 Å². The van der Waals surface area contributed by atoms with Crippen LogP contribution < -0.4 is 10.6 Å². The van der Waals surface area contributed by atoms with E-state index in [2.05, 4.69) is 26.6 Å². The van der Waals surface area contributed by atoms with Crippen LogP contribution in [0, 0.1) is 11.8 Å². The Balaban J connectivity index is 1.44. The van der Waals surface area contributed by atoms with Crippen LogP contribution in [0.25, 0.3) is 0 Å². The molecule has 35 heavy (non-hydrogen) atoms. The molecule has 1 spiro atoms. The number of anilines is 1. The van der Waals surface area contributed by atoms with Gasteiger partial charge in [0.25, 0.3) is 0 Å². The number of halogens is 1. The highest BCUT2D eigenvalue weighted by Crippen LogP contribution is 2.67. The van der Waals surface area contributed by atoms with E-state index >= 15 is 0 Å². The highest BCUT2D eigenvalue weighted by molar-refractivity contribution is 9.09. The van der Waals surface area contributed by atoms with E-state index in [1.54, 1.807) is 16.7 Å². The predicted octanol–water partition coefficient (Wildman–Crippen LogP) is 3.31. The highest BCUT2D eigenvalue weighted by atomic mass is 79.9. The number of amides is 3. The number of aliphatic hydroxyl groups is 1. The summed E-state index contributed by atoms with van der Waals surface area (Å²) in [5.74, 6) is -1.34. The van der Waals surface area contributed by atoms with Crippen molar-refractivity contribution in [1.29, 1.82) is 0 Å². The number of benzene rings is 1. The number of nitrogens with one attached hydrogen (secondary N) is 2. The fraction of sp³-hybridized carbons (Fsp3) is 0.654. The summed E-state index contributed by atoms with van der Waals surface area (Å²) in [4.78, 5) is 43.1. The van der Waals surface area contributed by atoms with Crippen molar-refractivity contribution < 1.29 is 19.5 Å². The van der Waals surface area contributed by atoms with Crippen molar-refractivity contribution in [3.63, 3.8) is 0 Å². The van der Waals surface area contributed by atoms with E-state index in [0.29, 0.717) is 31.5 Å². The monoisotopic (exact) mass is 563 g/mol. The maximum absolute atomic E-state index is 13.9. The number of nitrogens with zero attached hydrogens (tertiary/aromatic N) is 1. The fourth-order valence-electron chi connectivity index (χ4n) is 6.64. The molecule has 1 saturated carbocycles. The minimum atomic E-state index is -0.618. The van der Waals surface area contributed by atoms with E-state index in [4.69, 9.17) is 0 Å². The summed E-state index contributed by atoms with van der Waals surface area (Å²) in [6.45, 7) is 0.476. The number of carbonyl (C=O) groups excluding carboxylic acids is 3. The molecule has 1 aliphatic carbocycles. The minimum absolute atomic E-state index is 0.0535. The largest absolute Gasteiger partial charge is 0.396 e. The number of unbranched alkanes of at least 4 members (excludes halogenated alkanes) is 1. The highest BCUT2D eigenvalue weighted by Gasteiger charge is 2.75. The standard InChI is InChI=1S/C26H34BrN3O4S/c27-18-15-26-20(19(21(18)35-26)23(32)28-16-9-3-1-4-10-16)25(34)30(13-7-8-14-31)22(26)24(33)29-17-11-5-2-6-12-17/h1,3-4,9-10,17-22,31H,2,5-8,11-15H2,(H,28,32)(H,29,33)/t18?,19-,20+,21-,22?,26?/m1/s1. The SMILES string of the molecule is O=C(NC1CCCCC1)C1N(CCCCO)C(=O)[C@@H]2[C@@H](C(=O)Nc3ccccc3)[C@@H]3SC12CC3Br. The first kappa shape index (κ1) is 25.1. The van der Waals surface area contributed by atoms with Gasteiger partial charge in [0.1, 0.15) is 6.04 Å². The van der Waals surface area contributed by atoms with E-state index in [0.717, 1.165) is 25.7 Å². The van der Waals surface area contributed by atoms with Gasteiger partial charge in [-0.25, -0.2) is 0 Å². The van der Waals surface area contributed by atoms with Crippen molar-refractivity contribution in [2.45, 2.75) is 78.3 Å². The second-order valence-corrected chi connectivity index (χ2v) is 13.0. The molecule has 9 heteroatoms. The van der Waals surface area contributed by atoms with Gasteiger partial charge < -0.3 is 20.6 Å². The number of para-hydroxylation sites is 1. The van der Waals surface area contributed by atoms with Crippen molar-refractivity contribution >= 4 is 51.1 Å². The summed E-state index contributed by atoms with van der Waals surface area (Å²) in [5, 5.41) is 15.5. The zero-order valence-electron chi connectivity index (χ0n) is 19.8. The molecule has 7 nitrogen and oxygen atoms in total. The maximum atomic E-state index is 13.9. The Bertz CT molecular complexity index is 959. The molecule has 4 aliphatic rings. The van der Waals surface area contributed by atoms with E-state index < -0.39 is 22.6 Å². The van der Waals surface area contributed by atoms with Crippen LogP contribution in [0.15, 0.2) is 30.3 Å².